The summed E-state index contributed by atoms with van der Waals surface area (Å²) in [5.74, 6) is 0. The second-order valence-electron chi connectivity index (χ2n) is 4.68. The molecule has 0 bridgehead atoms. The first-order valence-corrected chi connectivity index (χ1v) is 8.77. The number of hydrogen-bond donors (Lipinski definition) is 0. The fourth-order valence-electron chi connectivity index (χ4n) is 2.05. The van der Waals surface area contributed by atoms with Crippen LogP contribution in [0.5, 0.6) is 0 Å². The van der Waals surface area contributed by atoms with Crippen LogP contribution in [-0.2, 0) is 0 Å². The molecule has 3 heteroatoms. The first-order valence-electron chi connectivity index (χ1n) is 6.66. The van der Waals surface area contributed by atoms with E-state index in [9.17, 15) is 0 Å². The Hall–Kier alpha value is -1.29. The smallest absolute Gasteiger partial charge is 0.0537 e. The Morgan fingerprint density at radius 1 is 0.905 bits per heavy atom. The molecule has 1 aliphatic heterocycles. The lowest BCUT2D eigenvalue weighted by Crippen LogP contribution is -1.99. The van der Waals surface area contributed by atoms with Crippen molar-refractivity contribution in [2.45, 2.75) is 6.92 Å². The largest absolute Gasteiger partial charge is 0.0892 e. The summed E-state index contributed by atoms with van der Waals surface area (Å²) >= 11 is 9.21. The molecule has 0 aromatic heterocycles. The van der Waals surface area contributed by atoms with Crippen LogP contribution in [0.25, 0.3) is 4.91 Å². The highest BCUT2D eigenvalue weighted by atomic mass is 32.2. The molecular weight excluding hydrogens is 312 g/mol. The van der Waals surface area contributed by atoms with E-state index in [-0.39, 0.29) is 0 Å². The van der Waals surface area contributed by atoms with Gasteiger partial charge in [-0.05, 0) is 29.0 Å². The van der Waals surface area contributed by atoms with Gasteiger partial charge in [0.05, 0.1) is 4.24 Å². The predicted octanol–water partition coefficient (Wildman–Crippen LogP) is 6.11. The molecule has 0 amide bonds. The van der Waals surface area contributed by atoms with Crippen LogP contribution in [0.15, 0.2) is 75.9 Å². The highest BCUT2D eigenvalue weighted by Gasteiger charge is 2.18. The van der Waals surface area contributed by atoms with Gasteiger partial charge in [-0.2, -0.15) is 0 Å². The zero-order valence-electron chi connectivity index (χ0n) is 11.6. The Balaban J connectivity index is 1.81. The van der Waals surface area contributed by atoms with E-state index in [0.29, 0.717) is 0 Å². The van der Waals surface area contributed by atoms with Gasteiger partial charge in [0.1, 0.15) is 0 Å². The summed E-state index contributed by atoms with van der Waals surface area (Å²) in [5, 5.41) is 2.21. The first kappa shape index (κ1) is 14.6. The normalized spacial score (nSPS) is 16.5. The van der Waals surface area contributed by atoms with Crippen LogP contribution in [0.4, 0.5) is 0 Å². The van der Waals surface area contributed by atoms with Crippen molar-refractivity contribution in [3.05, 3.63) is 87.0 Å². The van der Waals surface area contributed by atoms with Crippen LogP contribution < -0.4 is 0 Å². The third kappa shape index (κ3) is 3.31. The van der Waals surface area contributed by atoms with Gasteiger partial charge in [-0.1, -0.05) is 96.4 Å². The molecule has 0 saturated carbocycles. The first-order chi connectivity index (χ1) is 10.3. The van der Waals surface area contributed by atoms with Crippen LogP contribution >= 0.6 is 35.7 Å². The molecule has 0 radical (unpaired) electrons. The maximum absolute atomic E-state index is 5.63. The molecule has 104 valence electrons. The third-order valence-electron chi connectivity index (χ3n) is 3.22. The van der Waals surface area contributed by atoms with E-state index in [1.165, 1.54) is 20.3 Å². The van der Waals surface area contributed by atoms with E-state index in [1.54, 1.807) is 11.8 Å². The minimum atomic E-state index is 0.938. The van der Waals surface area contributed by atoms with Gasteiger partial charge in [-0.3, -0.25) is 0 Å². The van der Waals surface area contributed by atoms with Crippen molar-refractivity contribution in [2.24, 2.45) is 0 Å². The van der Waals surface area contributed by atoms with Crippen molar-refractivity contribution in [1.29, 1.82) is 0 Å². The van der Waals surface area contributed by atoms with Gasteiger partial charge >= 0.3 is 0 Å². The van der Waals surface area contributed by atoms with Crippen molar-refractivity contribution in [1.82, 2.24) is 0 Å². The quantitative estimate of drug-likeness (QED) is 0.379. The average Bonchev–Trinajstić information content (AvgIpc) is 3.05. The topological polar surface area (TPSA) is 0 Å². The summed E-state index contributed by atoms with van der Waals surface area (Å²) in [6, 6.07) is 20.7. The molecule has 0 saturated heterocycles. The highest BCUT2D eigenvalue weighted by molar-refractivity contribution is 8.31. The van der Waals surface area contributed by atoms with Gasteiger partial charge in [0, 0.05) is 9.77 Å². The molecule has 0 aliphatic carbocycles. The molecule has 2 aromatic rings. The molecular formula is C18H14S3. The van der Waals surface area contributed by atoms with E-state index in [0.717, 1.165) is 10.4 Å². The minimum absolute atomic E-state index is 0.938. The summed E-state index contributed by atoms with van der Waals surface area (Å²) < 4.78 is 1.28. The van der Waals surface area contributed by atoms with Gasteiger partial charge in [0.15, 0.2) is 0 Å². The highest BCUT2D eigenvalue weighted by Crippen LogP contribution is 2.50. The Bertz CT molecular complexity index is 713. The number of hydrogen-bond acceptors (Lipinski definition) is 3. The molecule has 0 N–H and O–H groups in total. The Labute approximate surface area is 139 Å². The van der Waals surface area contributed by atoms with Crippen LogP contribution in [0.2, 0.25) is 0 Å². The molecule has 1 heterocycles. The lowest BCUT2D eigenvalue weighted by atomic mass is 10.1. The van der Waals surface area contributed by atoms with Gasteiger partial charge in [0.2, 0.25) is 0 Å². The Morgan fingerprint density at radius 3 is 2.19 bits per heavy atom. The predicted molar refractivity (Wildman–Crippen MR) is 100 cm³/mol. The molecule has 0 unspecified atom stereocenters. The van der Waals surface area contributed by atoms with Crippen LogP contribution in [-0.4, -0.2) is 4.86 Å². The van der Waals surface area contributed by atoms with E-state index in [2.05, 4.69) is 48.7 Å². The molecule has 0 atom stereocenters. The number of allylic oxidation sites excluding steroid dienone is 1. The molecule has 2 aromatic carbocycles. The second-order valence-corrected chi connectivity index (χ2v) is 7.27. The van der Waals surface area contributed by atoms with E-state index in [1.807, 2.05) is 36.0 Å². The summed E-state index contributed by atoms with van der Waals surface area (Å²) in [7, 11) is 0. The summed E-state index contributed by atoms with van der Waals surface area (Å²) in [6.45, 7) is 2.12. The van der Waals surface area contributed by atoms with Gasteiger partial charge in [-0.15, -0.1) is 0 Å². The number of benzene rings is 2. The summed E-state index contributed by atoms with van der Waals surface area (Å²) in [6.07, 6.45) is 0. The van der Waals surface area contributed by atoms with Crippen molar-refractivity contribution >= 4 is 45.5 Å². The van der Waals surface area contributed by atoms with E-state index < -0.39 is 0 Å². The minimum Gasteiger partial charge on any atom is -0.0892 e. The van der Waals surface area contributed by atoms with Gasteiger partial charge in [-0.25, -0.2) is 0 Å². The lowest BCUT2D eigenvalue weighted by molar-refractivity contribution is 1.59. The van der Waals surface area contributed by atoms with Crippen LogP contribution in [0, 0.1) is 0 Å². The Morgan fingerprint density at radius 2 is 1.52 bits per heavy atom. The van der Waals surface area contributed by atoms with Crippen molar-refractivity contribution in [2.75, 3.05) is 0 Å². The van der Waals surface area contributed by atoms with E-state index in [4.69, 9.17) is 12.2 Å². The number of rotatable bonds is 3. The third-order valence-corrected chi connectivity index (χ3v) is 6.39. The molecule has 3 rings (SSSR count). The van der Waals surface area contributed by atoms with E-state index >= 15 is 0 Å². The average molecular weight is 327 g/mol. The number of thioether (sulfide) groups is 2. The van der Waals surface area contributed by atoms with Crippen LogP contribution in [0.3, 0.4) is 0 Å². The molecule has 0 nitrogen and oxygen atoms in total. The molecule has 0 spiro atoms. The standard InChI is InChI=1S/C18H14S3/c1-13(17(19)15-10-6-3-7-11-15)18-20-12-16(21-18)14-8-4-2-5-9-14/h2-12H,1H3/b18-13+. The fraction of sp³-hybridized carbons (Fsp3) is 0.0556. The fourth-order valence-corrected chi connectivity index (χ4v) is 4.70. The zero-order valence-corrected chi connectivity index (χ0v) is 14.0. The van der Waals surface area contributed by atoms with Crippen molar-refractivity contribution in [3.8, 4) is 0 Å². The maximum Gasteiger partial charge on any atom is 0.0537 e. The summed E-state index contributed by atoms with van der Waals surface area (Å²) in [5.41, 5.74) is 3.57. The number of thiocarbonyl (C=S) groups is 1. The maximum atomic E-state index is 5.63. The summed E-state index contributed by atoms with van der Waals surface area (Å²) in [4.78, 5) is 2.24. The van der Waals surface area contributed by atoms with Gasteiger partial charge in [0.25, 0.3) is 0 Å². The second kappa shape index (κ2) is 6.65. The van der Waals surface area contributed by atoms with Gasteiger partial charge < -0.3 is 0 Å². The SMILES string of the molecule is C/C(C(=S)c1ccccc1)=C1/SC=C(c2ccccc2)S1. The Kier molecular flexibility index (Phi) is 4.63. The lowest BCUT2D eigenvalue weighted by Gasteiger charge is -2.08. The zero-order chi connectivity index (χ0) is 14.7. The molecule has 21 heavy (non-hydrogen) atoms. The monoisotopic (exact) mass is 326 g/mol. The van der Waals surface area contributed by atoms with Crippen LogP contribution in [0.1, 0.15) is 18.1 Å². The molecule has 1 aliphatic rings. The van der Waals surface area contributed by atoms with Crippen molar-refractivity contribution in [3.63, 3.8) is 0 Å². The molecule has 0 fully saturated rings. The van der Waals surface area contributed by atoms with Crippen molar-refractivity contribution < 1.29 is 0 Å².